The molecule has 5 rings (SSSR count). The molecule has 2 atom stereocenters. The van der Waals surface area contributed by atoms with E-state index >= 15 is 0 Å². The number of aromatic nitrogens is 5. The van der Waals surface area contributed by atoms with Crippen LogP contribution in [0.1, 0.15) is 43.6 Å². The molecule has 3 heterocycles. The predicted molar refractivity (Wildman–Crippen MR) is 169 cm³/mol. The highest BCUT2D eigenvalue weighted by Crippen LogP contribution is 2.34. The van der Waals surface area contributed by atoms with E-state index in [9.17, 15) is 23.9 Å². The van der Waals surface area contributed by atoms with Gasteiger partial charge in [0.25, 0.3) is 5.56 Å². The molecule has 12 nitrogen and oxygen atoms in total. The standard InChI is InChI=1S/C32H34FN5O7S/c1-19(39)17-44-25(23-15-22(33)11-12-24(23)43-5)16-36-29-26(20(2)28(46-29)38-34-13-14-35-38)27(40)37(31(36)42)32(3,4)30(41)45-18-21-9-7-6-8-10-21/h6-15,19,25,39H,16-18H2,1-5H3/t19?,25-/m0/s1. The summed E-state index contributed by atoms with van der Waals surface area (Å²) in [6, 6.07) is 12.9. The molecule has 0 aliphatic heterocycles. The number of nitrogens with zero attached hydrogens (tertiary/aromatic N) is 5. The lowest BCUT2D eigenvalue weighted by atomic mass is 10.0. The Hall–Kier alpha value is -4.66. The highest BCUT2D eigenvalue weighted by atomic mass is 32.1. The van der Waals surface area contributed by atoms with E-state index in [0.29, 0.717) is 16.3 Å². The third-order valence-corrected chi connectivity index (χ3v) is 8.77. The molecule has 0 bridgehead atoms. The highest BCUT2D eigenvalue weighted by Gasteiger charge is 2.37. The Labute approximate surface area is 267 Å². The van der Waals surface area contributed by atoms with Gasteiger partial charge in [-0.05, 0) is 51.5 Å². The number of hydrogen-bond donors (Lipinski definition) is 1. The summed E-state index contributed by atoms with van der Waals surface area (Å²) >= 11 is 1.11. The molecule has 0 fully saturated rings. The molecule has 3 aromatic heterocycles. The zero-order valence-corrected chi connectivity index (χ0v) is 26.8. The van der Waals surface area contributed by atoms with E-state index in [1.807, 2.05) is 6.07 Å². The Morgan fingerprint density at radius 3 is 2.46 bits per heavy atom. The zero-order valence-electron chi connectivity index (χ0n) is 26.0. The van der Waals surface area contributed by atoms with E-state index in [2.05, 4.69) is 10.2 Å². The number of aliphatic hydroxyl groups is 1. The molecule has 2 aromatic carbocycles. The molecule has 0 radical (unpaired) electrons. The molecule has 0 aliphatic carbocycles. The Balaban J connectivity index is 1.71. The van der Waals surface area contributed by atoms with Gasteiger partial charge < -0.3 is 19.3 Å². The molecular weight excluding hydrogens is 617 g/mol. The second kappa shape index (κ2) is 13.4. The SMILES string of the molecule is COc1ccc(F)cc1[C@H](Cn1c(=O)n(C(C)(C)C(=O)OCc2ccccc2)c(=O)c2c(C)c(-n3nccn3)sc21)OCC(C)O. The highest BCUT2D eigenvalue weighted by molar-refractivity contribution is 7.21. The Morgan fingerprint density at radius 1 is 1.11 bits per heavy atom. The smallest absolute Gasteiger partial charge is 0.333 e. The van der Waals surface area contributed by atoms with Gasteiger partial charge in [-0.15, -0.1) is 4.80 Å². The number of benzene rings is 2. The number of hydrogen-bond acceptors (Lipinski definition) is 10. The summed E-state index contributed by atoms with van der Waals surface area (Å²) in [5.74, 6) is -1.06. The number of methoxy groups -OCH3 is 1. The van der Waals surface area contributed by atoms with Crippen LogP contribution >= 0.6 is 11.3 Å². The maximum absolute atomic E-state index is 14.5. The number of aliphatic hydroxyl groups excluding tert-OH is 1. The Kier molecular flexibility index (Phi) is 9.51. The van der Waals surface area contributed by atoms with Crippen molar-refractivity contribution in [3.8, 4) is 10.8 Å². The third-order valence-electron chi connectivity index (χ3n) is 7.48. The summed E-state index contributed by atoms with van der Waals surface area (Å²) in [5.41, 5.74) is -1.76. The first-order chi connectivity index (χ1) is 21.9. The minimum absolute atomic E-state index is 0.0600. The fraction of sp³-hybridized carbons (Fsp3) is 0.344. The third kappa shape index (κ3) is 6.36. The molecule has 14 heteroatoms. The number of fused-ring (bicyclic) bond motifs is 1. The van der Waals surface area contributed by atoms with Crippen molar-refractivity contribution in [2.75, 3.05) is 13.7 Å². The van der Waals surface area contributed by atoms with Crippen LogP contribution in [-0.2, 0) is 33.0 Å². The molecule has 1 N–H and O–H groups in total. The van der Waals surface area contributed by atoms with Crippen LogP contribution in [0.5, 0.6) is 5.75 Å². The van der Waals surface area contributed by atoms with Crippen molar-refractivity contribution in [2.45, 2.75) is 58.6 Å². The maximum Gasteiger partial charge on any atom is 0.333 e. The van der Waals surface area contributed by atoms with Crippen molar-refractivity contribution in [1.82, 2.24) is 24.1 Å². The molecule has 1 unspecified atom stereocenters. The number of thiophene rings is 1. The molecule has 0 aliphatic rings. The lowest BCUT2D eigenvalue weighted by Gasteiger charge is -2.27. The fourth-order valence-electron chi connectivity index (χ4n) is 5.11. The Bertz CT molecular complexity index is 1970. The first-order valence-electron chi connectivity index (χ1n) is 14.4. The van der Waals surface area contributed by atoms with Gasteiger partial charge in [-0.1, -0.05) is 41.7 Å². The number of halogens is 1. The summed E-state index contributed by atoms with van der Waals surface area (Å²) in [4.78, 5) is 43.8. The minimum Gasteiger partial charge on any atom is -0.496 e. The summed E-state index contributed by atoms with van der Waals surface area (Å²) in [5, 5.41) is 19.1. The number of carbonyl (C=O) groups excluding carboxylic acids is 1. The van der Waals surface area contributed by atoms with Gasteiger partial charge in [0.2, 0.25) is 0 Å². The van der Waals surface area contributed by atoms with Crippen LogP contribution in [0.4, 0.5) is 4.39 Å². The normalized spacial score (nSPS) is 13.1. The Morgan fingerprint density at radius 2 is 1.80 bits per heavy atom. The van der Waals surface area contributed by atoms with Crippen LogP contribution in [0.3, 0.4) is 0 Å². The molecule has 46 heavy (non-hydrogen) atoms. The summed E-state index contributed by atoms with van der Waals surface area (Å²) in [6.07, 6.45) is 1.07. The van der Waals surface area contributed by atoms with Gasteiger partial charge in [0.05, 0.1) is 44.1 Å². The first kappa shape index (κ1) is 32.7. The van der Waals surface area contributed by atoms with Crippen LogP contribution in [0.2, 0.25) is 0 Å². The van der Waals surface area contributed by atoms with E-state index in [1.165, 1.54) is 67.8 Å². The average molecular weight is 652 g/mol. The largest absolute Gasteiger partial charge is 0.496 e. The van der Waals surface area contributed by atoms with Crippen molar-refractivity contribution in [3.05, 3.63) is 104 Å². The summed E-state index contributed by atoms with van der Waals surface area (Å²) < 4.78 is 33.8. The summed E-state index contributed by atoms with van der Waals surface area (Å²) in [6.45, 7) is 5.67. The lowest BCUT2D eigenvalue weighted by molar-refractivity contribution is -0.154. The molecule has 0 saturated heterocycles. The van der Waals surface area contributed by atoms with Crippen molar-refractivity contribution in [1.29, 1.82) is 0 Å². The summed E-state index contributed by atoms with van der Waals surface area (Å²) in [7, 11) is 1.42. The molecule has 242 valence electrons. The zero-order chi connectivity index (χ0) is 33.2. The van der Waals surface area contributed by atoms with Gasteiger partial charge in [0.1, 0.15) is 39.6 Å². The number of ether oxygens (including phenoxy) is 3. The van der Waals surface area contributed by atoms with Gasteiger partial charge in [0.15, 0.2) is 0 Å². The maximum atomic E-state index is 14.5. The van der Waals surface area contributed by atoms with Crippen molar-refractivity contribution >= 4 is 27.5 Å². The molecule has 0 saturated carbocycles. The first-order valence-corrected chi connectivity index (χ1v) is 15.3. The lowest BCUT2D eigenvalue weighted by Crippen LogP contribution is -2.53. The predicted octanol–water partition coefficient (Wildman–Crippen LogP) is 3.88. The van der Waals surface area contributed by atoms with Gasteiger partial charge in [-0.2, -0.15) is 10.2 Å². The minimum atomic E-state index is -1.75. The quantitative estimate of drug-likeness (QED) is 0.199. The molecule has 5 aromatic rings. The van der Waals surface area contributed by atoms with E-state index in [-0.39, 0.29) is 35.5 Å². The number of rotatable bonds is 12. The average Bonchev–Trinajstić information content (AvgIpc) is 3.68. The molecule has 0 spiro atoms. The van der Waals surface area contributed by atoms with Crippen LogP contribution in [0.25, 0.3) is 15.2 Å². The fourth-order valence-corrected chi connectivity index (χ4v) is 6.33. The van der Waals surface area contributed by atoms with Crippen molar-refractivity contribution in [2.24, 2.45) is 0 Å². The van der Waals surface area contributed by atoms with Crippen LogP contribution in [0.15, 0.2) is 70.5 Å². The number of carbonyl (C=O) groups is 1. The van der Waals surface area contributed by atoms with E-state index < -0.39 is 40.8 Å². The van der Waals surface area contributed by atoms with Crippen molar-refractivity contribution < 1.29 is 28.5 Å². The van der Waals surface area contributed by atoms with Crippen LogP contribution in [-0.4, -0.2) is 55.0 Å². The van der Waals surface area contributed by atoms with E-state index in [0.717, 1.165) is 21.5 Å². The van der Waals surface area contributed by atoms with Crippen LogP contribution in [0, 0.1) is 12.7 Å². The molecule has 0 amide bonds. The van der Waals surface area contributed by atoms with Gasteiger partial charge in [0, 0.05) is 11.1 Å². The topological polar surface area (TPSA) is 140 Å². The van der Waals surface area contributed by atoms with E-state index in [1.54, 1.807) is 31.2 Å². The van der Waals surface area contributed by atoms with Crippen LogP contribution < -0.4 is 16.0 Å². The second-order valence-corrected chi connectivity index (χ2v) is 12.2. The van der Waals surface area contributed by atoms with E-state index in [4.69, 9.17) is 14.2 Å². The second-order valence-electron chi connectivity index (χ2n) is 11.2. The van der Waals surface area contributed by atoms with Crippen molar-refractivity contribution in [3.63, 3.8) is 0 Å². The molecular formula is C32H34FN5O7S. The van der Waals surface area contributed by atoms with Gasteiger partial charge >= 0.3 is 11.7 Å². The van der Waals surface area contributed by atoms with Gasteiger partial charge in [-0.3, -0.25) is 9.36 Å². The van der Waals surface area contributed by atoms with Gasteiger partial charge in [-0.25, -0.2) is 18.5 Å². The number of aryl methyl sites for hydroxylation is 1. The monoisotopic (exact) mass is 651 g/mol. The number of esters is 1.